The number of rotatable bonds is 12. The molecule has 8 rings (SSSR count). The summed E-state index contributed by atoms with van der Waals surface area (Å²) in [4.78, 5) is 56.4. The molecule has 6 heterocycles. The van der Waals surface area contributed by atoms with Crippen LogP contribution in [0.3, 0.4) is 0 Å². The van der Waals surface area contributed by atoms with Crippen LogP contribution >= 0.6 is 0 Å². The van der Waals surface area contributed by atoms with Gasteiger partial charge in [-0.25, -0.2) is 24.9 Å². The van der Waals surface area contributed by atoms with Gasteiger partial charge in [-0.1, -0.05) is 76.1 Å². The molecule has 0 bridgehead atoms. The number of aromatic nitrogens is 14. The molecule has 6 aromatic heterocycles. The van der Waals surface area contributed by atoms with E-state index in [-0.39, 0.29) is 91.7 Å². The number of nitrogens with two attached hydrogens (primary N) is 1. The monoisotopic (exact) mass is 950 g/mol. The second kappa shape index (κ2) is 24.1. The van der Waals surface area contributed by atoms with Gasteiger partial charge < -0.3 is 35.7 Å². The molecule has 0 saturated carbocycles. The number of nitrogens with zero attached hydrogens (tertiary/aromatic N) is 14. The summed E-state index contributed by atoms with van der Waals surface area (Å²) in [5.74, 6) is 2.97. The number of Topliss-reactive ketones (excluding diaryl/α,β-unsaturated/α-hetero) is 1. The Balaban J connectivity index is 0.000000248. The molecule has 0 radical (unpaired) electrons. The van der Waals surface area contributed by atoms with E-state index >= 15 is 0 Å². The SMILES string of the molecule is CC(C)(C)c1noc([C-]=O)n1.Cc1cc(-c2ncnc(Nc3cnn(C)c3)n2)ccc1CCC(=O)c1nc(C(C)(C)C)no1.Cc1cc(-c2ncnc(Nc3cnn(C)c3)n2)ccc1CN.[K+].[OH-]. The first-order valence-electron chi connectivity index (χ1n) is 20.8. The van der Waals surface area contributed by atoms with Crippen molar-refractivity contribution in [2.45, 2.75) is 85.6 Å². The number of aryl methyl sites for hydroxylation is 5. The standard InChI is InChI=1S/C23H26N8O2.C15H17N7.C7H9N2O2.K.H2O/c1-14-10-16(19-24-13-25-22(28-19)27-17-11-26-31(5)12-17)7-6-15(14)8-9-18(32)20-29-21(30-33-20)23(2,3)4;1-10-5-11(3-4-12(10)6-16)14-17-9-18-15(21-14)20-13-7-19-22(2)8-13;1-7(2,3)6-8-5(4-10)11-9-6;;/h6-7,10-13H,8-9H2,1-5H3,(H,24,25,27,28);3-5,7-9H,6,16H2,1-2H3,(H,17,18,20,21);1-3H3;;1H2/q;;-1;+1;/p-1. The molecule has 22 nitrogen and oxygen atoms in total. The Hall–Kier alpha value is -6.34. The first-order valence-corrected chi connectivity index (χ1v) is 20.8. The zero-order chi connectivity index (χ0) is 47.6. The van der Waals surface area contributed by atoms with Crippen molar-refractivity contribution >= 4 is 35.3 Å². The fourth-order valence-corrected chi connectivity index (χ4v) is 5.97. The molecule has 8 aromatic rings. The minimum absolute atomic E-state index is 0. The van der Waals surface area contributed by atoms with Crippen molar-refractivity contribution in [2.75, 3.05) is 10.6 Å². The van der Waals surface area contributed by atoms with Crippen LogP contribution in [0.2, 0.25) is 0 Å². The van der Waals surface area contributed by atoms with Gasteiger partial charge in [-0.3, -0.25) is 14.2 Å². The van der Waals surface area contributed by atoms with Gasteiger partial charge in [0.2, 0.25) is 17.7 Å². The van der Waals surface area contributed by atoms with E-state index in [1.807, 2.05) is 118 Å². The largest absolute Gasteiger partial charge is 1.00 e. The van der Waals surface area contributed by atoms with E-state index < -0.39 is 0 Å². The van der Waals surface area contributed by atoms with E-state index in [4.69, 9.17) is 10.3 Å². The van der Waals surface area contributed by atoms with Crippen LogP contribution in [0.1, 0.15) is 98.4 Å². The topological polar surface area (TPSA) is 305 Å². The van der Waals surface area contributed by atoms with E-state index in [0.29, 0.717) is 48.2 Å². The van der Waals surface area contributed by atoms with Crippen LogP contribution in [0.25, 0.3) is 22.8 Å². The molecule has 2 aromatic carbocycles. The van der Waals surface area contributed by atoms with Gasteiger partial charge in [-0.05, 0) is 54.7 Å². The summed E-state index contributed by atoms with van der Waals surface area (Å²) in [6, 6.07) is 11.9. The Morgan fingerprint density at radius 2 is 1.19 bits per heavy atom. The van der Waals surface area contributed by atoms with E-state index in [0.717, 1.165) is 44.8 Å². The van der Waals surface area contributed by atoms with Crippen molar-refractivity contribution < 1.29 is 75.5 Å². The second-order valence-corrected chi connectivity index (χ2v) is 17.2. The number of anilines is 4. The van der Waals surface area contributed by atoms with Crippen molar-refractivity contribution in [3.63, 3.8) is 0 Å². The van der Waals surface area contributed by atoms with E-state index in [9.17, 15) is 9.59 Å². The third-order valence-electron chi connectivity index (χ3n) is 9.63. The number of hydrogen-bond donors (Lipinski definition) is 3. The van der Waals surface area contributed by atoms with Gasteiger partial charge >= 0.3 is 51.4 Å². The molecule has 0 amide bonds. The normalized spacial score (nSPS) is 10.9. The van der Waals surface area contributed by atoms with E-state index in [1.54, 1.807) is 21.8 Å². The number of benzene rings is 2. The number of hydrogen-bond acceptors (Lipinski definition) is 20. The Kier molecular flexibility index (Phi) is 19.2. The van der Waals surface area contributed by atoms with Gasteiger partial charge in [-0.15, -0.1) is 0 Å². The summed E-state index contributed by atoms with van der Waals surface area (Å²) in [5, 5.41) is 22.0. The van der Waals surface area contributed by atoms with Crippen LogP contribution in [-0.2, 0) is 42.7 Å². The molecule has 0 aliphatic carbocycles. The van der Waals surface area contributed by atoms with Crippen molar-refractivity contribution in [3.8, 4) is 22.8 Å². The molecule has 0 aliphatic heterocycles. The minimum Gasteiger partial charge on any atom is -0.870 e. The van der Waals surface area contributed by atoms with E-state index in [2.05, 4.69) is 75.5 Å². The summed E-state index contributed by atoms with van der Waals surface area (Å²) in [7, 11) is 3.69. The predicted molar refractivity (Wildman–Crippen MR) is 246 cm³/mol. The number of ketones is 1. The zero-order valence-electron chi connectivity index (χ0n) is 40.0. The number of nitrogens with one attached hydrogen (secondary N) is 2. The van der Waals surface area contributed by atoms with Gasteiger partial charge in [0.1, 0.15) is 18.5 Å². The molecule has 0 fully saturated rings. The average molecular weight is 951 g/mol. The molecule has 0 saturated heterocycles. The number of carbonyl (C=O) groups is 1. The molecule has 0 atom stereocenters. The summed E-state index contributed by atoms with van der Waals surface area (Å²) in [6.45, 7) is 16.3. The van der Waals surface area contributed by atoms with Crippen molar-refractivity contribution in [3.05, 3.63) is 120 Å². The first kappa shape index (κ1) is 54.3. The fourth-order valence-electron chi connectivity index (χ4n) is 5.97. The molecule has 350 valence electrons. The van der Waals surface area contributed by atoms with Crippen LogP contribution in [0.4, 0.5) is 23.3 Å². The van der Waals surface area contributed by atoms with Crippen molar-refractivity contribution in [2.24, 2.45) is 19.8 Å². The summed E-state index contributed by atoms with van der Waals surface area (Å²) < 4.78 is 13.1. The van der Waals surface area contributed by atoms with Crippen LogP contribution in [0.5, 0.6) is 0 Å². The van der Waals surface area contributed by atoms with Crippen LogP contribution in [-0.4, -0.2) is 87.3 Å². The zero-order valence-corrected chi connectivity index (χ0v) is 43.1. The predicted octanol–water partition coefficient (Wildman–Crippen LogP) is 3.26. The summed E-state index contributed by atoms with van der Waals surface area (Å²) >= 11 is 0. The second-order valence-electron chi connectivity index (χ2n) is 17.2. The van der Waals surface area contributed by atoms with Gasteiger partial charge in [0.05, 0.1) is 23.8 Å². The molecule has 68 heavy (non-hydrogen) atoms. The molecule has 23 heteroatoms. The molecule has 0 spiro atoms. The third kappa shape index (κ3) is 15.1. The molecule has 0 aliphatic rings. The maximum absolute atomic E-state index is 12.5. The van der Waals surface area contributed by atoms with Gasteiger partial charge in [0.15, 0.2) is 23.3 Å². The summed E-state index contributed by atoms with van der Waals surface area (Å²) in [5.41, 5.74) is 13.0. The van der Waals surface area contributed by atoms with E-state index in [1.165, 1.54) is 18.9 Å². The van der Waals surface area contributed by atoms with Gasteiger partial charge in [-0.2, -0.15) is 31.4 Å². The molecular formula is C45H53KN17O5-. The van der Waals surface area contributed by atoms with Crippen LogP contribution < -0.4 is 67.8 Å². The maximum Gasteiger partial charge on any atom is 1.00 e. The van der Waals surface area contributed by atoms with Crippen molar-refractivity contribution in [1.29, 1.82) is 0 Å². The minimum atomic E-state index is -0.267. The Bertz CT molecular complexity index is 2910. The van der Waals surface area contributed by atoms with Crippen molar-refractivity contribution in [1.82, 2.24) is 69.7 Å². The smallest absolute Gasteiger partial charge is 0.870 e. The van der Waals surface area contributed by atoms with Gasteiger partial charge in [0.25, 0.3) is 5.89 Å². The molecule has 0 unspecified atom stereocenters. The molecular weight excluding hydrogens is 898 g/mol. The third-order valence-corrected chi connectivity index (χ3v) is 9.63. The summed E-state index contributed by atoms with van der Waals surface area (Å²) in [6.07, 6.45) is 12.4. The molecule has 5 N–H and O–H groups in total. The van der Waals surface area contributed by atoms with Crippen LogP contribution in [0.15, 0.2) is 82.9 Å². The average Bonchev–Trinajstić information content (AvgIpc) is 4.12. The van der Waals surface area contributed by atoms with Gasteiger partial charge in [0, 0.05) is 61.4 Å². The Morgan fingerprint density at radius 3 is 1.59 bits per heavy atom. The van der Waals surface area contributed by atoms with Crippen LogP contribution in [0, 0.1) is 13.8 Å². The Labute approximate surface area is 435 Å². The quantitative estimate of drug-likeness (QED) is 0.0899. The Morgan fingerprint density at radius 1 is 0.706 bits per heavy atom. The fraction of sp³-hybridized carbons (Fsp3) is 0.333. The number of carbonyl (C=O) groups excluding carboxylic acids is 2. The first-order chi connectivity index (χ1) is 31.4. The maximum atomic E-state index is 12.5.